The van der Waals surface area contributed by atoms with Gasteiger partial charge in [-0.05, 0) is 42.6 Å². The fourth-order valence-electron chi connectivity index (χ4n) is 1.70. The van der Waals surface area contributed by atoms with Gasteiger partial charge in [0.25, 0.3) is 11.6 Å². The van der Waals surface area contributed by atoms with E-state index < -0.39 is 16.7 Å². The summed E-state index contributed by atoms with van der Waals surface area (Å²) in [4.78, 5) is 33.3. The van der Waals surface area contributed by atoms with Gasteiger partial charge in [-0.3, -0.25) is 35.9 Å². The van der Waals surface area contributed by atoms with Crippen molar-refractivity contribution >= 4 is 40.9 Å². The van der Waals surface area contributed by atoms with Gasteiger partial charge in [-0.25, -0.2) is 0 Å². The number of nitro groups is 1. The van der Waals surface area contributed by atoms with Crippen molar-refractivity contribution in [1.29, 1.82) is 0 Å². The lowest BCUT2D eigenvalue weighted by Crippen LogP contribution is -2.49. The molecule has 1 aromatic heterocycles. The average Bonchev–Trinajstić information content (AvgIpc) is 3.17. The normalized spacial score (nSPS) is 10.2. The largest absolute Gasteiger partial charge is 0.484 e. The van der Waals surface area contributed by atoms with E-state index in [2.05, 4.69) is 16.2 Å². The molecule has 0 aliphatic heterocycles. The van der Waals surface area contributed by atoms with Crippen molar-refractivity contribution < 1.29 is 23.7 Å². The molecule has 140 valence electrons. The first kappa shape index (κ1) is 19.6. The molecule has 0 aliphatic carbocycles. The lowest BCUT2D eigenvalue weighted by atomic mass is 10.3. The third kappa shape index (κ3) is 6.96. The van der Waals surface area contributed by atoms with E-state index in [0.29, 0.717) is 5.76 Å². The number of amides is 2. The summed E-state index contributed by atoms with van der Waals surface area (Å²) in [5.74, 6) is -0.299. The van der Waals surface area contributed by atoms with Crippen molar-refractivity contribution in [1.82, 2.24) is 16.2 Å². The van der Waals surface area contributed by atoms with Crippen molar-refractivity contribution in [2.24, 2.45) is 0 Å². The summed E-state index contributed by atoms with van der Waals surface area (Å²) in [6.07, 6.45) is 4.14. The zero-order valence-electron chi connectivity index (χ0n) is 13.7. The van der Waals surface area contributed by atoms with Gasteiger partial charge in [0.15, 0.2) is 11.7 Å². The first-order valence-electron chi connectivity index (χ1n) is 7.42. The number of rotatable bonds is 6. The van der Waals surface area contributed by atoms with E-state index in [1.165, 1.54) is 42.7 Å². The number of hydrogen-bond acceptors (Lipinski definition) is 7. The summed E-state index contributed by atoms with van der Waals surface area (Å²) in [5, 5.41) is 12.7. The molecule has 0 bridgehead atoms. The number of carbonyl (C=O) groups excluding carboxylic acids is 2. The molecular formula is C16H14N4O6S. The summed E-state index contributed by atoms with van der Waals surface area (Å²) in [6.45, 7) is -0.361. The van der Waals surface area contributed by atoms with Crippen LogP contribution < -0.4 is 20.9 Å². The molecule has 0 spiro atoms. The van der Waals surface area contributed by atoms with Gasteiger partial charge in [-0.15, -0.1) is 0 Å². The Bertz CT molecular complexity index is 848. The average molecular weight is 390 g/mol. The third-order valence-electron chi connectivity index (χ3n) is 2.91. The first-order chi connectivity index (χ1) is 12.9. The Kier molecular flexibility index (Phi) is 7.02. The number of hydrazine groups is 1. The Hall–Kier alpha value is -3.73. The minimum absolute atomic E-state index is 0.0874. The van der Waals surface area contributed by atoms with Gasteiger partial charge >= 0.3 is 0 Å². The molecule has 2 amide bonds. The summed E-state index contributed by atoms with van der Waals surface area (Å²) in [7, 11) is 0. The zero-order valence-corrected chi connectivity index (χ0v) is 14.5. The highest BCUT2D eigenvalue weighted by Gasteiger charge is 2.07. The lowest BCUT2D eigenvalue weighted by Gasteiger charge is -2.10. The molecule has 0 radical (unpaired) electrons. The van der Waals surface area contributed by atoms with Crippen molar-refractivity contribution in [3.63, 3.8) is 0 Å². The van der Waals surface area contributed by atoms with Crippen LogP contribution in [0, 0.1) is 10.1 Å². The second kappa shape index (κ2) is 9.68. The van der Waals surface area contributed by atoms with E-state index >= 15 is 0 Å². The molecule has 0 unspecified atom stereocenters. The highest BCUT2D eigenvalue weighted by molar-refractivity contribution is 7.80. The maximum absolute atomic E-state index is 11.7. The van der Waals surface area contributed by atoms with Crippen molar-refractivity contribution in [3.05, 3.63) is 64.6 Å². The number of thiocarbonyl (C=S) groups is 1. The van der Waals surface area contributed by atoms with Crippen LogP contribution in [0.25, 0.3) is 6.08 Å². The fraction of sp³-hybridized carbons (Fsp3) is 0.0625. The molecule has 0 fully saturated rings. The van der Waals surface area contributed by atoms with Crippen molar-refractivity contribution in [2.75, 3.05) is 6.61 Å². The maximum atomic E-state index is 11.7. The molecule has 0 saturated heterocycles. The van der Waals surface area contributed by atoms with Crippen molar-refractivity contribution in [3.8, 4) is 5.75 Å². The molecule has 2 rings (SSSR count). The summed E-state index contributed by atoms with van der Waals surface area (Å²) in [6, 6.07) is 8.60. The standard InChI is InChI=1S/C16H14N4O6S/c21-14(8-7-12-2-1-9-25-12)17-16(27)19-18-15(22)10-26-13-5-3-11(4-6-13)20(23)24/h1-9H,10H2,(H,18,22)(H2,17,19,21,27). The molecule has 0 saturated carbocycles. The predicted molar refractivity (Wildman–Crippen MR) is 98.4 cm³/mol. The molecule has 27 heavy (non-hydrogen) atoms. The molecule has 3 N–H and O–H groups in total. The second-order valence-corrected chi connectivity index (χ2v) is 5.29. The maximum Gasteiger partial charge on any atom is 0.276 e. The molecular weight excluding hydrogens is 376 g/mol. The number of furan rings is 1. The quantitative estimate of drug-likeness (QED) is 0.291. The van der Waals surface area contributed by atoms with Gasteiger partial charge < -0.3 is 9.15 Å². The minimum atomic E-state index is -0.573. The van der Waals surface area contributed by atoms with Gasteiger partial charge in [-0.1, -0.05) is 0 Å². The van der Waals surface area contributed by atoms with Crippen LogP contribution in [-0.4, -0.2) is 28.5 Å². The highest BCUT2D eigenvalue weighted by atomic mass is 32.1. The Morgan fingerprint density at radius 3 is 2.59 bits per heavy atom. The zero-order chi connectivity index (χ0) is 19.6. The van der Waals surface area contributed by atoms with Crippen LogP contribution in [0.5, 0.6) is 5.75 Å². The predicted octanol–water partition coefficient (Wildman–Crippen LogP) is 1.30. The van der Waals surface area contributed by atoms with E-state index in [4.69, 9.17) is 21.4 Å². The highest BCUT2D eigenvalue weighted by Crippen LogP contribution is 2.16. The second-order valence-electron chi connectivity index (χ2n) is 4.88. The van der Waals surface area contributed by atoms with Crippen LogP contribution >= 0.6 is 12.2 Å². The van der Waals surface area contributed by atoms with E-state index in [1.54, 1.807) is 12.1 Å². The SMILES string of the molecule is O=C(C=Cc1ccco1)NC(=S)NNC(=O)COc1ccc([N+](=O)[O-])cc1. The number of nitrogens with one attached hydrogen (secondary N) is 3. The number of benzene rings is 1. The third-order valence-corrected chi connectivity index (χ3v) is 3.12. The van der Waals surface area contributed by atoms with Crippen LogP contribution in [0.3, 0.4) is 0 Å². The summed E-state index contributed by atoms with van der Waals surface area (Å²) >= 11 is 4.86. The van der Waals surface area contributed by atoms with Gasteiger partial charge in [0.2, 0.25) is 5.91 Å². The van der Waals surface area contributed by atoms with Crippen LogP contribution in [0.2, 0.25) is 0 Å². The molecule has 1 aromatic carbocycles. The number of hydrogen-bond donors (Lipinski definition) is 3. The number of ether oxygens (including phenoxy) is 1. The van der Waals surface area contributed by atoms with Crippen LogP contribution in [0.15, 0.2) is 53.2 Å². The molecule has 11 heteroatoms. The number of nitrogens with zero attached hydrogens (tertiary/aromatic N) is 1. The van der Waals surface area contributed by atoms with Crippen LogP contribution in [-0.2, 0) is 9.59 Å². The Morgan fingerprint density at radius 2 is 1.96 bits per heavy atom. The van der Waals surface area contributed by atoms with E-state index in [1.807, 2.05) is 0 Å². The fourth-order valence-corrected chi connectivity index (χ4v) is 1.86. The topological polar surface area (TPSA) is 136 Å². The Morgan fingerprint density at radius 1 is 1.22 bits per heavy atom. The van der Waals surface area contributed by atoms with Crippen LogP contribution in [0.1, 0.15) is 5.76 Å². The van der Waals surface area contributed by atoms with Gasteiger partial charge in [-0.2, -0.15) is 0 Å². The number of non-ortho nitro benzene ring substituents is 1. The molecule has 1 heterocycles. The van der Waals surface area contributed by atoms with E-state index in [9.17, 15) is 19.7 Å². The number of nitro benzene ring substituents is 1. The Labute approximate surface area is 158 Å². The lowest BCUT2D eigenvalue weighted by molar-refractivity contribution is -0.384. The first-order valence-corrected chi connectivity index (χ1v) is 7.83. The van der Waals surface area contributed by atoms with Gasteiger partial charge in [0, 0.05) is 18.2 Å². The number of carbonyl (C=O) groups is 2. The molecule has 0 aliphatic rings. The Balaban J connectivity index is 1.67. The smallest absolute Gasteiger partial charge is 0.276 e. The van der Waals surface area contributed by atoms with Crippen LogP contribution in [0.4, 0.5) is 5.69 Å². The molecule has 10 nitrogen and oxygen atoms in total. The van der Waals surface area contributed by atoms with Gasteiger partial charge in [0.05, 0.1) is 11.2 Å². The van der Waals surface area contributed by atoms with Crippen molar-refractivity contribution in [2.45, 2.75) is 0 Å². The molecule has 0 atom stereocenters. The summed E-state index contributed by atoms with van der Waals surface area (Å²) in [5.41, 5.74) is 4.49. The van der Waals surface area contributed by atoms with E-state index in [0.717, 1.165) is 0 Å². The molecule has 2 aromatic rings. The van der Waals surface area contributed by atoms with Gasteiger partial charge in [0.1, 0.15) is 11.5 Å². The summed E-state index contributed by atoms with van der Waals surface area (Å²) < 4.78 is 10.2. The monoisotopic (exact) mass is 390 g/mol. The minimum Gasteiger partial charge on any atom is -0.484 e. The van der Waals surface area contributed by atoms with E-state index in [-0.39, 0.29) is 23.2 Å².